The number of hydrogen-bond donors (Lipinski definition) is 4. The number of unbranched alkanes of at least 4 members (excludes halogenated alkanes) is 12. The molecule has 4 nitrogen and oxygen atoms in total. The molecule has 0 rings (SSSR count). The Bertz CT molecular complexity index is 184. The molecule has 0 aromatic rings. The van der Waals surface area contributed by atoms with Crippen LogP contribution in [0.15, 0.2) is 0 Å². The molecule has 0 radical (unpaired) electrons. The molecular weight excluding hydrogens is 266 g/mol. The lowest BCUT2D eigenvalue weighted by Crippen LogP contribution is -2.09. The van der Waals surface area contributed by atoms with E-state index < -0.39 is 14.2 Å². The van der Waals surface area contributed by atoms with Crippen molar-refractivity contribution in [3.8, 4) is 0 Å². The first-order valence-electron chi connectivity index (χ1n) is 8.85. The van der Waals surface area contributed by atoms with Crippen molar-refractivity contribution in [1.82, 2.24) is 0 Å². The molecule has 0 fully saturated rings. The molecule has 0 saturated heterocycles. The Morgan fingerprint density at radius 1 is 0.333 bits per heavy atom. The molecule has 4 N–H and O–H groups in total. The second-order valence-electron chi connectivity index (χ2n) is 6.13. The highest BCUT2D eigenvalue weighted by atomic mass is 16.4. The van der Waals surface area contributed by atoms with Crippen LogP contribution in [-0.4, -0.2) is 34.3 Å². The molecule has 124 valence electrons. The van der Waals surface area contributed by atoms with Crippen LogP contribution >= 0.6 is 0 Å². The Morgan fingerprint density at radius 2 is 0.524 bits per heavy atom. The van der Waals surface area contributed by atoms with Gasteiger partial charge in [0.1, 0.15) is 0 Å². The summed E-state index contributed by atoms with van der Waals surface area (Å²) in [7, 11) is -2.25. The van der Waals surface area contributed by atoms with Crippen LogP contribution in [-0.2, 0) is 0 Å². The van der Waals surface area contributed by atoms with E-state index in [1.165, 1.54) is 57.8 Å². The maximum absolute atomic E-state index is 8.70. The highest BCUT2D eigenvalue weighted by Crippen LogP contribution is 2.13. The second-order valence-corrected chi connectivity index (χ2v) is 6.13. The summed E-state index contributed by atoms with van der Waals surface area (Å²) in [5.41, 5.74) is 0. The average molecular weight is 300 g/mol. The fraction of sp³-hybridized carbons (Fsp3) is 1.00. The molecule has 0 unspecified atom stereocenters. The third-order valence-electron chi connectivity index (χ3n) is 3.92. The van der Waals surface area contributed by atoms with Crippen molar-refractivity contribution in [3.63, 3.8) is 0 Å². The van der Waals surface area contributed by atoms with Crippen molar-refractivity contribution in [3.05, 3.63) is 0 Å². The van der Waals surface area contributed by atoms with Gasteiger partial charge in [0.05, 0.1) is 0 Å². The molecule has 0 aromatic carbocycles. The Kier molecular flexibility index (Phi) is 16.3. The standard InChI is InChI=1S/C15H34B2O4/c18-16(19)14-12-10-8-6-4-2-1-3-5-7-9-11-13-15-17(20)21/h18-21H,1-15H2. The number of hydrogen-bond acceptors (Lipinski definition) is 4. The van der Waals surface area contributed by atoms with Gasteiger partial charge in [-0.25, -0.2) is 0 Å². The van der Waals surface area contributed by atoms with E-state index >= 15 is 0 Å². The van der Waals surface area contributed by atoms with Gasteiger partial charge in [-0.05, 0) is 12.6 Å². The van der Waals surface area contributed by atoms with Crippen LogP contribution in [0.25, 0.3) is 0 Å². The molecule has 0 aliphatic carbocycles. The summed E-state index contributed by atoms with van der Waals surface area (Å²) in [6, 6.07) is 0. The van der Waals surface area contributed by atoms with Crippen LogP contribution in [0, 0.1) is 0 Å². The van der Waals surface area contributed by atoms with Gasteiger partial charge in [-0.1, -0.05) is 83.5 Å². The highest BCUT2D eigenvalue weighted by Gasteiger charge is 2.05. The van der Waals surface area contributed by atoms with Crippen LogP contribution in [0.3, 0.4) is 0 Å². The Balaban J connectivity index is 2.96. The van der Waals surface area contributed by atoms with Crippen LogP contribution in [0.4, 0.5) is 0 Å². The third-order valence-corrected chi connectivity index (χ3v) is 3.92. The largest absolute Gasteiger partial charge is 0.451 e. The van der Waals surface area contributed by atoms with Crippen molar-refractivity contribution < 1.29 is 20.1 Å². The third kappa shape index (κ3) is 20.0. The smallest absolute Gasteiger partial charge is 0.427 e. The van der Waals surface area contributed by atoms with E-state index in [9.17, 15) is 0 Å². The van der Waals surface area contributed by atoms with Crippen molar-refractivity contribution in [2.24, 2.45) is 0 Å². The molecular formula is C15H34B2O4. The molecule has 0 amide bonds. The molecule has 0 saturated carbocycles. The average Bonchev–Trinajstić information content (AvgIpc) is 2.42. The molecule has 6 heteroatoms. The van der Waals surface area contributed by atoms with E-state index in [1.807, 2.05) is 0 Å². The summed E-state index contributed by atoms with van der Waals surface area (Å²) >= 11 is 0. The summed E-state index contributed by atoms with van der Waals surface area (Å²) < 4.78 is 0. The maximum Gasteiger partial charge on any atom is 0.451 e. The van der Waals surface area contributed by atoms with Crippen LogP contribution in [0.5, 0.6) is 0 Å². The molecule has 0 aromatic heterocycles. The van der Waals surface area contributed by atoms with Gasteiger partial charge < -0.3 is 20.1 Å². The van der Waals surface area contributed by atoms with E-state index in [4.69, 9.17) is 20.1 Å². The molecule has 21 heavy (non-hydrogen) atoms. The summed E-state index contributed by atoms with van der Waals surface area (Å²) in [6.45, 7) is 0. The summed E-state index contributed by atoms with van der Waals surface area (Å²) in [6.07, 6.45) is 16.6. The molecule has 0 heterocycles. The molecule has 0 spiro atoms. The van der Waals surface area contributed by atoms with E-state index in [2.05, 4.69) is 0 Å². The Hall–Kier alpha value is -0.0301. The summed E-state index contributed by atoms with van der Waals surface area (Å²) in [5, 5.41) is 34.8. The molecule has 0 aliphatic rings. The van der Waals surface area contributed by atoms with Gasteiger partial charge in [0.15, 0.2) is 0 Å². The van der Waals surface area contributed by atoms with Crippen LogP contribution in [0.1, 0.15) is 83.5 Å². The first-order chi connectivity index (χ1) is 10.1. The zero-order chi connectivity index (χ0) is 15.8. The molecule has 0 aliphatic heterocycles. The zero-order valence-electron chi connectivity index (χ0n) is 13.6. The van der Waals surface area contributed by atoms with Gasteiger partial charge in [-0.2, -0.15) is 0 Å². The molecule has 0 bridgehead atoms. The number of rotatable bonds is 16. The van der Waals surface area contributed by atoms with Crippen molar-refractivity contribution >= 4 is 14.2 Å². The minimum Gasteiger partial charge on any atom is -0.427 e. The minimum absolute atomic E-state index is 0.511. The van der Waals surface area contributed by atoms with Gasteiger partial charge in [0.2, 0.25) is 0 Å². The lowest BCUT2D eigenvalue weighted by atomic mass is 9.83. The van der Waals surface area contributed by atoms with E-state index in [-0.39, 0.29) is 0 Å². The van der Waals surface area contributed by atoms with Crippen molar-refractivity contribution in [2.45, 2.75) is 96.1 Å². The van der Waals surface area contributed by atoms with Gasteiger partial charge >= 0.3 is 14.2 Å². The second kappa shape index (κ2) is 16.3. The van der Waals surface area contributed by atoms with Gasteiger partial charge in [-0.15, -0.1) is 0 Å². The lowest BCUT2D eigenvalue weighted by Gasteiger charge is -2.03. The van der Waals surface area contributed by atoms with E-state index in [0.717, 1.165) is 25.7 Å². The Labute approximate surface area is 131 Å². The van der Waals surface area contributed by atoms with Crippen molar-refractivity contribution in [1.29, 1.82) is 0 Å². The first kappa shape index (κ1) is 21.0. The normalized spacial score (nSPS) is 10.9. The highest BCUT2D eigenvalue weighted by molar-refractivity contribution is 6.41. The van der Waals surface area contributed by atoms with Crippen LogP contribution < -0.4 is 0 Å². The topological polar surface area (TPSA) is 80.9 Å². The van der Waals surface area contributed by atoms with E-state index in [1.54, 1.807) is 0 Å². The monoisotopic (exact) mass is 300 g/mol. The van der Waals surface area contributed by atoms with Gasteiger partial charge in [0.25, 0.3) is 0 Å². The quantitative estimate of drug-likeness (QED) is 0.261. The summed E-state index contributed by atoms with van der Waals surface area (Å²) in [5.74, 6) is 0. The minimum atomic E-state index is -1.13. The van der Waals surface area contributed by atoms with Gasteiger partial charge in [0, 0.05) is 0 Å². The summed E-state index contributed by atoms with van der Waals surface area (Å²) in [4.78, 5) is 0. The Morgan fingerprint density at radius 3 is 0.714 bits per heavy atom. The fourth-order valence-corrected chi connectivity index (χ4v) is 2.60. The lowest BCUT2D eigenvalue weighted by molar-refractivity contribution is 0.400. The van der Waals surface area contributed by atoms with Gasteiger partial charge in [-0.3, -0.25) is 0 Å². The first-order valence-corrected chi connectivity index (χ1v) is 8.85. The maximum atomic E-state index is 8.70. The van der Waals surface area contributed by atoms with Crippen LogP contribution in [0.2, 0.25) is 12.6 Å². The predicted octanol–water partition coefficient (Wildman–Crippen LogP) is 3.00. The van der Waals surface area contributed by atoms with Crippen molar-refractivity contribution in [2.75, 3.05) is 0 Å². The predicted molar refractivity (Wildman–Crippen MR) is 90.0 cm³/mol. The fourth-order valence-electron chi connectivity index (χ4n) is 2.60. The van der Waals surface area contributed by atoms with E-state index in [0.29, 0.717) is 12.6 Å². The SMILES string of the molecule is OB(O)CCCCCCCCCCCCCCCB(O)O. The molecule has 0 atom stereocenters. The zero-order valence-corrected chi connectivity index (χ0v) is 13.6.